The molecular weight excluding hydrogens is 370 g/mol. The van der Waals surface area contributed by atoms with Crippen LogP contribution in [0.4, 0.5) is 11.8 Å². The highest BCUT2D eigenvalue weighted by Crippen LogP contribution is 2.28. The second-order valence-corrected chi connectivity index (χ2v) is 9.30. The molecule has 3 aliphatic rings. The lowest BCUT2D eigenvalue weighted by Crippen LogP contribution is -2.42. The van der Waals surface area contributed by atoms with E-state index in [9.17, 15) is 0 Å². The molecule has 2 fully saturated rings. The van der Waals surface area contributed by atoms with Crippen molar-refractivity contribution in [1.82, 2.24) is 14.9 Å². The molecule has 1 N–H and O–H groups in total. The molecule has 2 aliphatic heterocycles. The summed E-state index contributed by atoms with van der Waals surface area (Å²) in [4.78, 5) is 14.6. The molecule has 5 heteroatoms. The van der Waals surface area contributed by atoms with E-state index in [1.54, 1.807) is 11.1 Å². The van der Waals surface area contributed by atoms with Crippen molar-refractivity contribution in [2.45, 2.75) is 69.9 Å². The molecular formula is C25H35N5. The van der Waals surface area contributed by atoms with Crippen LogP contribution in [0.2, 0.25) is 0 Å². The molecule has 1 aromatic heterocycles. The van der Waals surface area contributed by atoms with Gasteiger partial charge in [-0.05, 0) is 62.3 Å². The van der Waals surface area contributed by atoms with Gasteiger partial charge in [-0.1, -0.05) is 43.5 Å². The van der Waals surface area contributed by atoms with Crippen LogP contribution >= 0.6 is 0 Å². The van der Waals surface area contributed by atoms with Gasteiger partial charge in [0.15, 0.2) is 0 Å². The quantitative estimate of drug-likeness (QED) is 0.822. The van der Waals surface area contributed by atoms with Crippen molar-refractivity contribution >= 4 is 11.8 Å². The largest absolute Gasteiger partial charge is 0.356 e. The fourth-order valence-corrected chi connectivity index (χ4v) is 5.49. The molecule has 1 atom stereocenters. The molecule has 5 nitrogen and oxygen atoms in total. The first-order valence-electron chi connectivity index (χ1n) is 12.0. The van der Waals surface area contributed by atoms with Crippen molar-refractivity contribution in [2.24, 2.45) is 0 Å². The summed E-state index contributed by atoms with van der Waals surface area (Å²) in [5.41, 5.74) is 3.09. The van der Waals surface area contributed by atoms with Crippen molar-refractivity contribution in [3.63, 3.8) is 0 Å². The predicted octanol–water partition coefficient (Wildman–Crippen LogP) is 4.29. The third kappa shape index (κ3) is 4.61. The van der Waals surface area contributed by atoms with E-state index in [-0.39, 0.29) is 0 Å². The fourth-order valence-electron chi connectivity index (χ4n) is 5.49. The molecule has 2 saturated heterocycles. The van der Waals surface area contributed by atoms with Crippen LogP contribution in [0.3, 0.4) is 0 Å². The van der Waals surface area contributed by atoms with E-state index in [2.05, 4.69) is 50.4 Å². The van der Waals surface area contributed by atoms with Crippen LogP contribution in [-0.2, 0) is 12.8 Å². The normalized spacial score (nSPS) is 23.6. The smallest absolute Gasteiger partial charge is 0.224 e. The molecule has 3 heterocycles. The van der Waals surface area contributed by atoms with Crippen molar-refractivity contribution in [3.8, 4) is 0 Å². The van der Waals surface area contributed by atoms with Gasteiger partial charge < -0.3 is 10.2 Å². The summed E-state index contributed by atoms with van der Waals surface area (Å²) >= 11 is 0. The average Bonchev–Trinajstić information content (AvgIpc) is 2.93. The Bertz CT molecular complexity index is 805. The molecule has 0 amide bonds. The first-order chi connectivity index (χ1) is 14.8. The number of anilines is 2. The van der Waals surface area contributed by atoms with E-state index in [4.69, 9.17) is 4.98 Å². The van der Waals surface area contributed by atoms with E-state index in [1.807, 2.05) is 6.20 Å². The molecule has 30 heavy (non-hydrogen) atoms. The van der Waals surface area contributed by atoms with Gasteiger partial charge >= 0.3 is 0 Å². The fraction of sp³-hybridized carbons (Fsp3) is 0.600. The molecule has 0 spiro atoms. The summed E-state index contributed by atoms with van der Waals surface area (Å²) in [6.45, 7) is 4.55. The van der Waals surface area contributed by atoms with E-state index in [0.29, 0.717) is 12.1 Å². The number of hydrogen-bond acceptors (Lipinski definition) is 5. The molecule has 160 valence electrons. The zero-order valence-electron chi connectivity index (χ0n) is 18.1. The maximum Gasteiger partial charge on any atom is 0.224 e. The van der Waals surface area contributed by atoms with Crippen molar-refractivity contribution in [3.05, 3.63) is 47.7 Å². The van der Waals surface area contributed by atoms with E-state index < -0.39 is 0 Å². The minimum absolute atomic E-state index is 0.426. The van der Waals surface area contributed by atoms with Gasteiger partial charge in [-0.15, -0.1) is 0 Å². The predicted molar refractivity (Wildman–Crippen MR) is 123 cm³/mol. The van der Waals surface area contributed by atoms with Crippen LogP contribution in [0.25, 0.3) is 0 Å². The van der Waals surface area contributed by atoms with Gasteiger partial charge in [0.25, 0.3) is 0 Å². The van der Waals surface area contributed by atoms with Crippen LogP contribution in [-0.4, -0.2) is 53.1 Å². The minimum atomic E-state index is 0.426. The van der Waals surface area contributed by atoms with Gasteiger partial charge in [0, 0.05) is 37.9 Å². The lowest BCUT2D eigenvalue weighted by molar-refractivity contribution is 0.204. The first-order valence-corrected chi connectivity index (χ1v) is 12.0. The third-order valence-corrected chi connectivity index (χ3v) is 7.15. The Kier molecular flexibility index (Phi) is 6.16. The second kappa shape index (κ2) is 9.34. The number of hydrogen-bond donors (Lipinski definition) is 1. The van der Waals surface area contributed by atoms with Gasteiger partial charge in [0.1, 0.15) is 5.82 Å². The number of likely N-dealkylation sites (tertiary alicyclic amines) is 1. The molecule has 1 aliphatic carbocycles. The maximum absolute atomic E-state index is 4.90. The SMILES string of the molecule is c1ccc2c(c1)CC(N1CCCCC(Nc3nccc(N4CCCCCC4)n3)C1)C2. The molecule has 1 aromatic carbocycles. The Hall–Kier alpha value is -2.14. The Labute approximate surface area is 180 Å². The Morgan fingerprint density at radius 1 is 0.833 bits per heavy atom. The molecule has 5 rings (SSSR count). The number of nitrogens with one attached hydrogen (secondary N) is 1. The Morgan fingerprint density at radius 3 is 2.33 bits per heavy atom. The van der Waals surface area contributed by atoms with Gasteiger partial charge in [-0.3, -0.25) is 4.90 Å². The summed E-state index contributed by atoms with van der Waals surface area (Å²) < 4.78 is 0. The monoisotopic (exact) mass is 405 g/mol. The molecule has 0 saturated carbocycles. The molecule has 2 aromatic rings. The van der Waals surface area contributed by atoms with Crippen LogP contribution in [0, 0.1) is 0 Å². The molecule has 0 radical (unpaired) electrons. The van der Waals surface area contributed by atoms with Crippen LogP contribution < -0.4 is 10.2 Å². The van der Waals surface area contributed by atoms with E-state index >= 15 is 0 Å². The second-order valence-electron chi connectivity index (χ2n) is 9.30. The standard InChI is InChI=1S/C25H35N5/c1-2-7-15-29(14-6-1)24-12-13-26-25(28-24)27-22-11-5-8-16-30(19-22)23-17-20-9-3-4-10-21(20)18-23/h3-4,9-10,12-13,22-23H,1-2,5-8,11,14-19H2,(H,26,27,28). The Balaban J connectivity index is 1.24. The zero-order valence-corrected chi connectivity index (χ0v) is 18.1. The van der Waals surface area contributed by atoms with Crippen LogP contribution in [0.1, 0.15) is 56.1 Å². The number of fused-ring (bicyclic) bond motifs is 1. The highest BCUT2D eigenvalue weighted by molar-refractivity contribution is 5.43. The highest BCUT2D eigenvalue weighted by Gasteiger charge is 2.29. The van der Waals surface area contributed by atoms with Crippen molar-refractivity contribution < 1.29 is 0 Å². The topological polar surface area (TPSA) is 44.3 Å². The van der Waals surface area contributed by atoms with Gasteiger partial charge in [-0.25, -0.2) is 4.98 Å². The number of benzene rings is 1. The van der Waals surface area contributed by atoms with E-state index in [0.717, 1.165) is 31.4 Å². The van der Waals surface area contributed by atoms with Gasteiger partial charge in [-0.2, -0.15) is 4.98 Å². The lowest BCUT2D eigenvalue weighted by atomic mass is 10.1. The van der Waals surface area contributed by atoms with Gasteiger partial charge in [0.2, 0.25) is 5.95 Å². The number of rotatable bonds is 4. The average molecular weight is 406 g/mol. The summed E-state index contributed by atoms with van der Waals surface area (Å²) in [5, 5.41) is 3.70. The lowest BCUT2D eigenvalue weighted by Gasteiger charge is -2.30. The molecule has 1 unspecified atom stereocenters. The number of nitrogens with zero attached hydrogens (tertiary/aromatic N) is 4. The third-order valence-electron chi connectivity index (χ3n) is 7.15. The van der Waals surface area contributed by atoms with Gasteiger partial charge in [0.05, 0.1) is 0 Å². The van der Waals surface area contributed by atoms with Crippen molar-refractivity contribution in [2.75, 3.05) is 36.4 Å². The van der Waals surface area contributed by atoms with Crippen LogP contribution in [0.15, 0.2) is 36.5 Å². The molecule has 0 bridgehead atoms. The summed E-state index contributed by atoms with van der Waals surface area (Å²) in [6, 6.07) is 12.1. The van der Waals surface area contributed by atoms with Crippen LogP contribution in [0.5, 0.6) is 0 Å². The maximum atomic E-state index is 4.90. The summed E-state index contributed by atoms with van der Waals surface area (Å²) in [6.07, 6.45) is 13.3. The first kappa shape index (κ1) is 19.8. The highest BCUT2D eigenvalue weighted by atomic mass is 15.2. The minimum Gasteiger partial charge on any atom is -0.356 e. The number of aromatic nitrogens is 2. The summed E-state index contributed by atoms with van der Waals surface area (Å²) in [7, 11) is 0. The Morgan fingerprint density at radius 2 is 1.57 bits per heavy atom. The van der Waals surface area contributed by atoms with Crippen molar-refractivity contribution in [1.29, 1.82) is 0 Å². The summed E-state index contributed by atoms with van der Waals surface area (Å²) in [5.74, 6) is 1.89. The van der Waals surface area contributed by atoms with E-state index in [1.165, 1.54) is 64.3 Å². The zero-order chi connectivity index (χ0) is 20.2.